The first-order chi connectivity index (χ1) is 15.4. The van der Waals surface area contributed by atoms with Crippen LogP contribution >= 0.6 is 0 Å². The predicted octanol–water partition coefficient (Wildman–Crippen LogP) is 4.94. The van der Waals surface area contributed by atoms with Crippen LogP contribution < -0.4 is 14.9 Å². The second-order valence-corrected chi connectivity index (χ2v) is 7.28. The molecule has 1 aliphatic heterocycles. The van der Waals surface area contributed by atoms with Crippen LogP contribution in [0.2, 0.25) is 0 Å². The number of nitrogens with one attached hydrogen (secondary N) is 1. The molecule has 0 saturated carbocycles. The first-order valence-corrected chi connectivity index (χ1v) is 10.5. The van der Waals surface area contributed by atoms with E-state index in [-0.39, 0.29) is 18.2 Å². The molecule has 2 aromatic rings. The van der Waals surface area contributed by atoms with Crippen LogP contribution in [0.15, 0.2) is 47.6 Å². The molecule has 1 amide bonds. The van der Waals surface area contributed by atoms with E-state index in [4.69, 9.17) is 9.47 Å². The topological polar surface area (TPSA) is 63.2 Å². The van der Waals surface area contributed by atoms with Crippen molar-refractivity contribution < 1.29 is 27.4 Å². The average Bonchev–Trinajstić information content (AvgIpc) is 2.79. The molecular formula is C23H26F3N3O3. The van der Waals surface area contributed by atoms with E-state index in [0.717, 1.165) is 38.4 Å². The molecule has 32 heavy (non-hydrogen) atoms. The molecule has 0 radical (unpaired) electrons. The van der Waals surface area contributed by atoms with E-state index >= 15 is 0 Å². The van der Waals surface area contributed by atoms with Gasteiger partial charge in [0.05, 0.1) is 24.1 Å². The standard InChI is InChI=1S/C23H26F3N3O3/c1-2-31-21-14-17(15-27-28-19-9-5-4-8-18(19)23(24,25)26)10-11-20(21)32-16-22(30)29-12-6-3-7-13-29/h4-5,8-11,14-15,28H,2-3,6-7,12-13,16H2,1H3. The molecule has 6 nitrogen and oxygen atoms in total. The first-order valence-electron chi connectivity index (χ1n) is 10.5. The van der Waals surface area contributed by atoms with Gasteiger partial charge in [-0.25, -0.2) is 0 Å². The van der Waals surface area contributed by atoms with Crippen LogP contribution in [0.3, 0.4) is 0 Å². The predicted molar refractivity (Wildman–Crippen MR) is 116 cm³/mol. The summed E-state index contributed by atoms with van der Waals surface area (Å²) in [6.07, 6.45) is 0.0554. The number of ether oxygens (including phenoxy) is 2. The van der Waals surface area contributed by atoms with Crippen molar-refractivity contribution in [3.05, 3.63) is 53.6 Å². The number of hydrazone groups is 1. The largest absolute Gasteiger partial charge is 0.490 e. The Labute approximate surface area is 185 Å². The van der Waals surface area contributed by atoms with Crippen molar-refractivity contribution in [1.82, 2.24) is 4.90 Å². The summed E-state index contributed by atoms with van der Waals surface area (Å²) < 4.78 is 50.5. The maximum Gasteiger partial charge on any atom is 0.418 e. The number of benzene rings is 2. The summed E-state index contributed by atoms with van der Waals surface area (Å²) in [5.74, 6) is 0.786. The number of anilines is 1. The maximum atomic E-state index is 13.1. The molecule has 2 aromatic carbocycles. The average molecular weight is 449 g/mol. The van der Waals surface area contributed by atoms with Crippen molar-refractivity contribution in [1.29, 1.82) is 0 Å². The van der Waals surface area contributed by atoms with Crippen LogP contribution in [0.1, 0.15) is 37.3 Å². The molecular weight excluding hydrogens is 423 g/mol. The summed E-state index contributed by atoms with van der Waals surface area (Å²) in [6, 6.07) is 10.1. The van der Waals surface area contributed by atoms with E-state index in [0.29, 0.717) is 23.7 Å². The molecule has 3 rings (SSSR count). The van der Waals surface area contributed by atoms with Gasteiger partial charge in [-0.2, -0.15) is 18.3 Å². The summed E-state index contributed by atoms with van der Waals surface area (Å²) in [7, 11) is 0. The molecule has 0 bridgehead atoms. The van der Waals surface area contributed by atoms with Crippen LogP contribution in [-0.4, -0.2) is 43.3 Å². The van der Waals surface area contributed by atoms with E-state index in [2.05, 4.69) is 10.5 Å². The van der Waals surface area contributed by atoms with Crippen molar-refractivity contribution in [2.75, 3.05) is 31.7 Å². The van der Waals surface area contributed by atoms with Crippen molar-refractivity contribution in [2.45, 2.75) is 32.4 Å². The van der Waals surface area contributed by atoms with E-state index < -0.39 is 11.7 Å². The highest BCUT2D eigenvalue weighted by Gasteiger charge is 2.33. The van der Waals surface area contributed by atoms with Gasteiger partial charge in [0, 0.05) is 13.1 Å². The molecule has 172 valence electrons. The summed E-state index contributed by atoms with van der Waals surface area (Å²) >= 11 is 0. The van der Waals surface area contributed by atoms with Crippen LogP contribution in [0.25, 0.3) is 0 Å². The number of alkyl halides is 3. The Bertz CT molecular complexity index is 942. The zero-order valence-corrected chi connectivity index (χ0v) is 17.8. The highest BCUT2D eigenvalue weighted by atomic mass is 19.4. The number of halogens is 3. The van der Waals surface area contributed by atoms with Crippen LogP contribution in [0.5, 0.6) is 11.5 Å². The molecule has 0 aromatic heterocycles. The van der Waals surface area contributed by atoms with E-state index in [1.165, 1.54) is 24.4 Å². The maximum absolute atomic E-state index is 13.1. The molecule has 9 heteroatoms. The Balaban J connectivity index is 1.66. The van der Waals surface area contributed by atoms with Crippen LogP contribution in [-0.2, 0) is 11.0 Å². The number of nitrogens with zero attached hydrogens (tertiary/aromatic N) is 2. The monoisotopic (exact) mass is 449 g/mol. The highest BCUT2D eigenvalue weighted by Crippen LogP contribution is 2.34. The van der Waals surface area contributed by atoms with Gasteiger partial charge < -0.3 is 14.4 Å². The van der Waals surface area contributed by atoms with Gasteiger partial charge >= 0.3 is 6.18 Å². The van der Waals surface area contributed by atoms with Crippen molar-refractivity contribution in [2.24, 2.45) is 5.10 Å². The molecule has 0 spiro atoms. The fraction of sp³-hybridized carbons (Fsp3) is 0.391. The lowest BCUT2D eigenvalue weighted by molar-refractivity contribution is -0.137. The van der Waals surface area contributed by atoms with Crippen molar-refractivity contribution in [3.63, 3.8) is 0 Å². The van der Waals surface area contributed by atoms with Gasteiger partial charge in [0.2, 0.25) is 0 Å². The van der Waals surface area contributed by atoms with Gasteiger partial charge in [-0.1, -0.05) is 12.1 Å². The smallest absolute Gasteiger partial charge is 0.418 e. The minimum atomic E-state index is -4.48. The number of rotatable bonds is 8. The minimum absolute atomic E-state index is 0.0645. The fourth-order valence-corrected chi connectivity index (χ4v) is 3.37. The normalized spacial score (nSPS) is 14.4. The molecule has 0 unspecified atom stereocenters. The first kappa shape index (κ1) is 23.4. The third-order valence-electron chi connectivity index (χ3n) is 4.96. The minimum Gasteiger partial charge on any atom is -0.490 e. The van der Waals surface area contributed by atoms with Crippen LogP contribution in [0.4, 0.5) is 18.9 Å². The Morgan fingerprint density at radius 1 is 1.09 bits per heavy atom. The van der Waals surface area contributed by atoms with E-state index in [1.807, 2.05) is 6.92 Å². The van der Waals surface area contributed by atoms with Gasteiger partial charge in [0.15, 0.2) is 18.1 Å². The van der Waals surface area contributed by atoms with E-state index in [1.54, 1.807) is 23.1 Å². The molecule has 1 heterocycles. The second-order valence-electron chi connectivity index (χ2n) is 7.28. The Morgan fingerprint density at radius 3 is 2.56 bits per heavy atom. The molecule has 1 fully saturated rings. The van der Waals surface area contributed by atoms with Gasteiger partial charge in [0.1, 0.15) is 0 Å². The Hall–Kier alpha value is -3.23. The molecule has 1 saturated heterocycles. The Kier molecular flexibility index (Phi) is 7.97. The second kappa shape index (κ2) is 10.9. The zero-order chi connectivity index (χ0) is 23.0. The number of amides is 1. The molecule has 0 atom stereocenters. The molecule has 1 aliphatic rings. The Morgan fingerprint density at radius 2 is 1.84 bits per heavy atom. The van der Waals surface area contributed by atoms with Crippen LogP contribution in [0, 0.1) is 0 Å². The zero-order valence-electron chi connectivity index (χ0n) is 17.8. The number of hydrogen-bond acceptors (Lipinski definition) is 5. The van der Waals surface area contributed by atoms with Gasteiger partial charge in [0.25, 0.3) is 5.91 Å². The van der Waals surface area contributed by atoms with Crippen molar-refractivity contribution >= 4 is 17.8 Å². The lowest BCUT2D eigenvalue weighted by Crippen LogP contribution is -2.38. The number of para-hydroxylation sites is 1. The third-order valence-corrected chi connectivity index (χ3v) is 4.96. The number of hydrogen-bond donors (Lipinski definition) is 1. The summed E-state index contributed by atoms with van der Waals surface area (Å²) in [4.78, 5) is 14.1. The van der Waals surface area contributed by atoms with Gasteiger partial charge in [-0.05, 0) is 62.1 Å². The quantitative estimate of drug-likeness (QED) is 0.458. The lowest BCUT2D eigenvalue weighted by atomic mass is 10.1. The van der Waals surface area contributed by atoms with E-state index in [9.17, 15) is 18.0 Å². The summed E-state index contributed by atoms with van der Waals surface area (Å²) in [5.41, 5.74) is 2.10. The third kappa shape index (κ3) is 6.38. The number of carbonyl (C=O) groups excluding carboxylic acids is 1. The fourth-order valence-electron chi connectivity index (χ4n) is 3.37. The summed E-state index contributed by atoms with van der Waals surface area (Å²) in [6.45, 7) is 3.62. The number of likely N-dealkylation sites (tertiary alicyclic amines) is 1. The number of carbonyl (C=O) groups is 1. The van der Waals surface area contributed by atoms with Crippen molar-refractivity contribution in [3.8, 4) is 11.5 Å². The van der Waals surface area contributed by atoms with Gasteiger partial charge in [-0.3, -0.25) is 10.2 Å². The lowest BCUT2D eigenvalue weighted by Gasteiger charge is -2.26. The van der Waals surface area contributed by atoms with Gasteiger partial charge in [-0.15, -0.1) is 0 Å². The SMILES string of the molecule is CCOc1cc(C=NNc2ccccc2C(F)(F)F)ccc1OCC(=O)N1CCCCC1. The molecule has 0 aliphatic carbocycles. The molecule has 1 N–H and O–H groups in total. The number of piperidine rings is 1. The highest BCUT2D eigenvalue weighted by molar-refractivity contribution is 5.82. The summed E-state index contributed by atoms with van der Waals surface area (Å²) in [5, 5.41) is 3.92.